The van der Waals surface area contributed by atoms with E-state index in [0.717, 1.165) is 25.9 Å². The van der Waals surface area contributed by atoms with Gasteiger partial charge in [0.05, 0.1) is 16.1 Å². The lowest BCUT2D eigenvalue weighted by Crippen LogP contribution is -2.32. The van der Waals surface area contributed by atoms with Crippen LogP contribution < -0.4 is 14.9 Å². The van der Waals surface area contributed by atoms with Crippen LogP contribution >= 0.6 is 0 Å². The highest BCUT2D eigenvalue weighted by molar-refractivity contribution is 7.92. The van der Waals surface area contributed by atoms with Crippen LogP contribution in [-0.4, -0.2) is 32.4 Å². The summed E-state index contributed by atoms with van der Waals surface area (Å²) in [5, 5.41) is 2.86. The summed E-state index contributed by atoms with van der Waals surface area (Å²) in [7, 11) is -3.71. The van der Waals surface area contributed by atoms with Crippen LogP contribution in [0.15, 0.2) is 77.8 Å². The van der Waals surface area contributed by atoms with Crippen LogP contribution in [0.1, 0.15) is 29.6 Å². The number of nitrogens with one attached hydrogen (secondary N) is 2. The first kappa shape index (κ1) is 20.9. The fourth-order valence-corrected chi connectivity index (χ4v) is 4.68. The maximum Gasteiger partial charge on any atom is 0.261 e. The van der Waals surface area contributed by atoms with E-state index < -0.39 is 10.0 Å². The Morgan fingerprint density at radius 1 is 0.871 bits per heavy atom. The van der Waals surface area contributed by atoms with Gasteiger partial charge in [0, 0.05) is 25.0 Å². The van der Waals surface area contributed by atoms with E-state index in [-0.39, 0.29) is 10.8 Å². The Morgan fingerprint density at radius 3 is 2.39 bits per heavy atom. The quantitative estimate of drug-likeness (QED) is 0.606. The number of benzene rings is 2. The summed E-state index contributed by atoms with van der Waals surface area (Å²) in [4.78, 5) is 19.7. The van der Waals surface area contributed by atoms with Gasteiger partial charge in [-0.1, -0.05) is 24.3 Å². The van der Waals surface area contributed by atoms with Gasteiger partial charge >= 0.3 is 0 Å². The van der Waals surface area contributed by atoms with Crippen molar-refractivity contribution in [2.24, 2.45) is 0 Å². The smallest absolute Gasteiger partial charge is 0.261 e. The van der Waals surface area contributed by atoms with Crippen molar-refractivity contribution in [2.75, 3.05) is 28.0 Å². The average Bonchev–Trinajstić information content (AvgIpc) is 2.80. The van der Waals surface area contributed by atoms with Crippen LogP contribution in [0.5, 0.6) is 0 Å². The van der Waals surface area contributed by atoms with E-state index >= 15 is 0 Å². The minimum atomic E-state index is -3.71. The number of nitrogens with zero attached hydrogens (tertiary/aromatic N) is 2. The van der Waals surface area contributed by atoms with Gasteiger partial charge in [-0.2, -0.15) is 0 Å². The Labute approximate surface area is 182 Å². The van der Waals surface area contributed by atoms with Crippen molar-refractivity contribution >= 4 is 33.1 Å². The minimum Gasteiger partial charge on any atom is -0.356 e. The van der Waals surface area contributed by atoms with Crippen LogP contribution in [0.4, 0.5) is 17.2 Å². The number of aromatic nitrogens is 1. The molecular weight excluding hydrogens is 412 g/mol. The third kappa shape index (κ3) is 5.03. The molecule has 2 heterocycles. The molecule has 0 atom stereocenters. The zero-order valence-corrected chi connectivity index (χ0v) is 17.8. The Morgan fingerprint density at radius 2 is 1.61 bits per heavy atom. The molecule has 8 heteroatoms. The lowest BCUT2D eigenvalue weighted by Gasteiger charge is -2.29. The first-order valence-electron chi connectivity index (χ1n) is 10.2. The predicted octanol–water partition coefficient (Wildman–Crippen LogP) is 4.13. The summed E-state index contributed by atoms with van der Waals surface area (Å²) in [6.07, 6.45) is 5.05. The van der Waals surface area contributed by atoms with Crippen molar-refractivity contribution < 1.29 is 13.2 Å². The molecule has 7 nitrogen and oxygen atoms in total. The Hall–Kier alpha value is -3.39. The minimum absolute atomic E-state index is 0.172. The SMILES string of the molecule is O=C(Nc1cccc(NS(=O)(=O)c2ccccc2)c1)c1cccnc1N1CCCCC1. The molecule has 0 radical (unpaired) electrons. The third-order valence-electron chi connectivity index (χ3n) is 5.11. The van der Waals surface area contributed by atoms with Crippen LogP contribution in [0.2, 0.25) is 0 Å². The van der Waals surface area contributed by atoms with Gasteiger partial charge in [0.25, 0.3) is 15.9 Å². The molecule has 0 unspecified atom stereocenters. The van der Waals surface area contributed by atoms with E-state index in [9.17, 15) is 13.2 Å². The summed E-state index contributed by atoms with van der Waals surface area (Å²) >= 11 is 0. The lowest BCUT2D eigenvalue weighted by molar-refractivity contribution is 0.102. The maximum atomic E-state index is 13.0. The van der Waals surface area contributed by atoms with Gasteiger partial charge in [0.15, 0.2) is 0 Å². The van der Waals surface area contributed by atoms with Gasteiger partial charge < -0.3 is 10.2 Å². The molecule has 0 aliphatic carbocycles. The van der Waals surface area contributed by atoms with Crippen LogP contribution in [0, 0.1) is 0 Å². The second-order valence-corrected chi connectivity index (χ2v) is 9.06. The van der Waals surface area contributed by atoms with Gasteiger partial charge in [0.2, 0.25) is 0 Å². The zero-order chi connectivity index (χ0) is 21.7. The van der Waals surface area contributed by atoms with E-state index in [0.29, 0.717) is 22.8 Å². The second-order valence-electron chi connectivity index (χ2n) is 7.38. The van der Waals surface area contributed by atoms with Crippen LogP contribution in [0.3, 0.4) is 0 Å². The summed E-state index contributed by atoms with van der Waals surface area (Å²) < 4.78 is 27.7. The summed E-state index contributed by atoms with van der Waals surface area (Å²) in [5.74, 6) is 0.400. The molecule has 31 heavy (non-hydrogen) atoms. The molecule has 1 fully saturated rings. The van der Waals surface area contributed by atoms with Crippen molar-refractivity contribution in [1.29, 1.82) is 0 Å². The monoisotopic (exact) mass is 436 g/mol. The summed E-state index contributed by atoms with van der Waals surface area (Å²) in [5.41, 5.74) is 1.36. The molecule has 1 amide bonds. The normalized spacial score (nSPS) is 14.1. The number of rotatable bonds is 6. The molecule has 160 valence electrons. The fourth-order valence-electron chi connectivity index (χ4n) is 3.60. The highest BCUT2D eigenvalue weighted by atomic mass is 32.2. The number of carbonyl (C=O) groups is 1. The Kier molecular flexibility index (Phi) is 6.18. The molecule has 0 bridgehead atoms. The number of hydrogen-bond donors (Lipinski definition) is 2. The number of sulfonamides is 1. The van der Waals surface area contributed by atoms with E-state index in [4.69, 9.17) is 0 Å². The van der Waals surface area contributed by atoms with E-state index in [1.54, 1.807) is 60.8 Å². The number of amides is 1. The summed E-state index contributed by atoms with van der Waals surface area (Å²) in [6.45, 7) is 1.77. The molecule has 1 aromatic heterocycles. The first-order chi connectivity index (χ1) is 15.0. The standard InChI is InChI=1S/C23H24N4O3S/c28-23(21-13-8-14-24-22(21)27-15-5-2-6-16-27)25-18-9-7-10-19(17-18)26-31(29,30)20-11-3-1-4-12-20/h1,3-4,7-14,17,26H,2,5-6,15-16H2,(H,25,28). The molecule has 4 rings (SSSR count). The molecule has 0 saturated carbocycles. The fraction of sp³-hybridized carbons (Fsp3) is 0.217. The van der Waals surface area contributed by atoms with E-state index in [1.807, 2.05) is 0 Å². The number of anilines is 3. The third-order valence-corrected chi connectivity index (χ3v) is 6.51. The predicted molar refractivity (Wildman–Crippen MR) is 122 cm³/mol. The molecule has 1 saturated heterocycles. The molecule has 2 aromatic carbocycles. The second kappa shape index (κ2) is 9.18. The van der Waals surface area contributed by atoms with Crippen molar-refractivity contribution in [3.05, 3.63) is 78.5 Å². The Bertz CT molecular complexity index is 1160. The number of carbonyl (C=O) groups excluding carboxylic acids is 1. The van der Waals surface area contributed by atoms with E-state index in [2.05, 4.69) is 19.9 Å². The lowest BCUT2D eigenvalue weighted by atomic mass is 10.1. The number of piperidine rings is 1. The van der Waals surface area contributed by atoms with Gasteiger partial charge in [-0.05, 0) is 61.7 Å². The van der Waals surface area contributed by atoms with E-state index in [1.165, 1.54) is 18.6 Å². The van der Waals surface area contributed by atoms with Crippen molar-refractivity contribution in [1.82, 2.24) is 4.98 Å². The van der Waals surface area contributed by atoms with Gasteiger partial charge in [-0.3, -0.25) is 9.52 Å². The van der Waals surface area contributed by atoms with Crippen LogP contribution in [0.25, 0.3) is 0 Å². The highest BCUT2D eigenvalue weighted by Gasteiger charge is 2.20. The summed E-state index contributed by atoms with van der Waals surface area (Å²) in [6, 6.07) is 18.3. The molecule has 1 aliphatic rings. The molecular formula is C23H24N4O3S. The van der Waals surface area contributed by atoms with Crippen molar-refractivity contribution in [3.8, 4) is 0 Å². The highest BCUT2D eigenvalue weighted by Crippen LogP contribution is 2.24. The largest absolute Gasteiger partial charge is 0.356 e. The molecule has 3 aromatic rings. The maximum absolute atomic E-state index is 13.0. The zero-order valence-electron chi connectivity index (χ0n) is 17.0. The average molecular weight is 437 g/mol. The topological polar surface area (TPSA) is 91.4 Å². The molecule has 2 N–H and O–H groups in total. The van der Waals surface area contributed by atoms with Gasteiger partial charge in [-0.15, -0.1) is 0 Å². The molecule has 1 aliphatic heterocycles. The van der Waals surface area contributed by atoms with Gasteiger partial charge in [-0.25, -0.2) is 13.4 Å². The molecule has 0 spiro atoms. The van der Waals surface area contributed by atoms with Crippen LogP contribution in [-0.2, 0) is 10.0 Å². The van der Waals surface area contributed by atoms with Gasteiger partial charge in [0.1, 0.15) is 5.82 Å². The van der Waals surface area contributed by atoms with Crippen molar-refractivity contribution in [2.45, 2.75) is 24.2 Å². The number of pyridine rings is 1. The number of hydrogen-bond acceptors (Lipinski definition) is 5. The first-order valence-corrected chi connectivity index (χ1v) is 11.7. The Balaban J connectivity index is 1.52. The van der Waals surface area contributed by atoms with Crippen molar-refractivity contribution in [3.63, 3.8) is 0 Å².